The Kier molecular flexibility index (Phi) is 4.53. The van der Waals surface area contributed by atoms with Gasteiger partial charge in [-0.3, -0.25) is 4.98 Å². The fraction of sp³-hybridized carbons (Fsp3) is 0.400. The average molecular weight is 333 g/mol. The molecule has 122 valence electrons. The molecule has 1 N–H and O–H groups in total. The second kappa shape index (κ2) is 6.59. The van der Waals surface area contributed by atoms with Crippen molar-refractivity contribution in [1.82, 2.24) is 19.3 Å². The monoisotopic (exact) mass is 333 g/mol. The van der Waals surface area contributed by atoms with Crippen LogP contribution >= 0.6 is 0 Å². The van der Waals surface area contributed by atoms with E-state index in [1.165, 1.54) is 10.6 Å². The Labute approximate surface area is 135 Å². The van der Waals surface area contributed by atoms with Gasteiger partial charge in [0.2, 0.25) is 10.0 Å². The van der Waals surface area contributed by atoms with Crippen molar-refractivity contribution in [3.8, 4) is 0 Å². The minimum atomic E-state index is -3.15. The van der Waals surface area contributed by atoms with Gasteiger partial charge in [-0.05, 0) is 25.0 Å². The number of nitrogens with one attached hydrogen (secondary N) is 1. The van der Waals surface area contributed by atoms with E-state index in [1.54, 1.807) is 18.6 Å². The highest BCUT2D eigenvalue weighted by molar-refractivity contribution is 7.88. The standard InChI is InChI=1S/C15H19N5O2S/c1-23(21,22)20-8-4-5-12(11-20)13-9-18-15(10-17-13)19-14-6-2-3-7-16-14/h2-3,6-7,9-10,12H,4-5,8,11H2,1H3,(H,16,18,19). The lowest BCUT2D eigenvalue weighted by Crippen LogP contribution is -2.38. The molecule has 8 heteroatoms. The van der Waals surface area contributed by atoms with Gasteiger partial charge in [-0.1, -0.05) is 6.07 Å². The first-order chi connectivity index (χ1) is 11.0. The molecule has 7 nitrogen and oxygen atoms in total. The van der Waals surface area contributed by atoms with Crippen molar-refractivity contribution in [3.63, 3.8) is 0 Å². The smallest absolute Gasteiger partial charge is 0.211 e. The van der Waals surface area contributed by atoms with Crippen LogP contribution in [-0.4, -0.2) is 47.0 Å². The second-order valence-electron chi connectivity index (χ2n) is 5.63. The van der Waals surface area contributed by atoms with Crippen molar-refractivity contribution in [2.75, 3.05) is 24.7 Å². The molecule has 0 aromatic carbocycles. The zero-order valence-corrected chi connectivity index (χ0v) is 13.7. The molecule has 1 unspecified atom stereocenters. The van der Waals surface area contributed by atoms with Crippen molar-refractivity contribution >= 4 is 21.7 Å². The zero-order valence-electron chi connectivity index (χ0n) is 12.9. The molecule has 1 aliphatic rings. The topological polar surface area (TPSA) is 88.1 Å². The maximum Gasteiger partial charge on any atom is 0.211 e. The van der Waals surface area contributed by atoms with Crippen LogP contribution in [0.3, 0.4) is 0 Å². The van der Waals surface area contributed by atoms with Crippen molar-refractivity contribution in [3.05, 3.63) is 42.5 Å². The Morgan fingerprint density at radius 1 is 1.17 bits per heavy atom. The van der Waals surface area contributed by atoms with E-state index in [2.05, 4.69) is 20.3 Å². The molecular weight excluding hydrogens is 314 g/mol. The lowest BCUT2D eigenvalue weighted by molar-refractivity contribution is 0.314. The van der Waals surface area contributed by atoms with Crippen LogP contribution in [0.1, 0.15) is 24.5 Å². The minimum Gasteiger partial charge on any atom is -0.324 e. The Morgan fingerprint density at radius 3 is 2.70 bits per heavy atom. The third-order valence-corrected chi connectivity index (χ3v) is 5.13. The second-order valence-corrected chi connectivity index (χ2v) is 7.61. The number of aromatic nitrogens is 3. The molecule has 3 heterocycles. The van der Waals surface area contributed by atoms with Crippen molar-refractivity contribution in [2.24, 2.45) is 0 Å². The predicted octanol–water partition coefficient (Wildman–Crippen LogP) is 1.75. The van der Waals surface area contributed by atoms with Crippen LogP contribution in [-0.2, 0) is 10.0 Å². The van der Waals surface area contributed by atoms with Crippen LogP contribution in [0, 0.1) is 0 Å². The molecule has 1 atom stereocenters. The molecule has 0 aliphatic carbocycles. The summed E-state index contributed by atoms with van der Waals surface area (Å²) in [5, 5.41) is 3.08. The Hall–Kier alpha value is -2.06. The summed E-state index contributed by atoms with van der Waals surface area (Å²) in [6.45, 7) is 1.06. The molecule has 0 spiro atoms. The lowest BCUT2D eigenvalue weighted by Gasteiger charge is -2.30. The molecular formula is C15H19N5O2S. The van der Waals surface area contributed by atoms with E-state index in [4.69, 9.17) is 0 Å². The first kappa shape index (κ1) is 15.8. The molecule has 0 radical (unpaired) electrons. The number of rotatable bonds is 4. The van der Waals surface area contributed by atoms with E-state index < -0.39 is 10.0 Å². The molecule has 2 aromatic heterocycles. The molecule has 23 heavy (non-hydrogen) atoms. The Balaban J connectivity index is 1.69. The highest BCUT2D eigenvalue weighted by Gasteiger charge is 2.27. The maximum atomic E-state index is 11.7. The van der Waals surface area contributed by atoms with E-state index in [1.807, 2.05) is 18.2 Å². The third kappa shape index (κ3) is 4.02. The van der Waals surface area contributed by atoms with Gasteiger partial charge in [-0.2, -0.15) is 0 Å². The highest BCUT2D eigenvalue weighted by Crippen LogP contribution is 2.26. The third-order valence-electron chi connectivity index (χ3n) is 3.86. The highest BCUT2D eigenvalue weighted by atomic mass is 32.2. The Bertz CT molecular complexity index is 749. The number of hydrogen-bond acceptors (Lipinski definition) is 6. The quantitative estimate of drug-likeness (QED) is 0.917. The average Bonchev–Trinajstić information content (AvgIpc) is 2.56. The van der Waals surface area contributed by atoms with Gasteiger partial charge >= 0.3 is 0 Å². The largest absolute Gasteiger partial charge is 0.324 e. The van der Waals surface area contributed by atoms with Crippen LogP contribution < -0.4 is 5.32 Å². The number of nitrogens with zero attached hydrogens (tertiary/aromatic N) is 4. The number of sulfonamides is 1. The van der Waals surface area contributed by atoms with Gasteiger partial charge in [-0.15, -0.1) is 0 Å². The maximum absolute atomic E-state index is 11.7. The fourth-order valence-corrected chi connectivity index (χ4v) is 3.58. The molecule has 0 amide bonds. The summed E-state index contributed by atoms with van der Waals surface area (Å²) in [6, 6.07) is 5.58. The number of anilines is 2. The SMILES string of the molecule is CS(=O)(=O)N1CCCC(c2cnc(Nc3ccccn3)cn2)C1. The predicted molar refractivity (Wildman–Crippen MR) is 87.9 cm³/mol. The minimum absolute atomic E-state index is 0.0925. The summed E-state index contributed by atoms with van der Waals surface area (Å²) >= 11 is 0. The van der Waals surface area contributed by atoms with Crippen LogP contribution in [0.25, 0.3) is 0 Å². The summed E-state index contributed by atoms with van der Waals surface area (Å²) in [4.78, 5) is 13.0. The van der Waals surface area contributed by atoms with Gasteiger partial charge in [-0.25, -0.2) is 22.7 Å². The van der Waals surface area contributed by atoms with Crippen LogP contribution in [0.15, 0.2) is 36.8 Å². The van der Waals surface area contributed by atoms with E-state index >= 15 is 0 Å². The first-order valence-electron chi connectivity index (χ1n) is 7.47. The molecule has 2 aromatic rings. The van der Waals surface area contributed by atoms with E-state index in [9.17, 15) is 8.42 Å². The van der Waals surface area contributed by atoms with Crippen molar-refractivity contribution in [1.29, 1.82) is 0 Å². The number of piperidine rings is 1. The summed E-state index contributed by atoms with van der Waals surface area (Å²) in [7, 11) is -3.15. The van der Waals surface area contributed by atoms with Crippen LogP contribution in [0.5, 0.6) is 0 Å². The summed E-state index contributed by atoms with van der Waals surface area (Å²) in [5.41, 5.74) is 0.824. The zero-order chi connectivity index (χ0) is 16.3. The lowest BCUT2D eigenvalue weighted by atomic mass is 9.96. The van der Waals surface area contributed by atoms with Crippen LogP contribution in [0.2, 0.25) is 0 Å². The van der Waals surface area contributed by atoms with E-state index in [-0.39, 0.29) is 5.92 Å². The van der Waals surface area contributed by atoms with E-state index in [0.717, 1.165) is 18.5 Å². The van der Waals surface area contributed by atoms with Gasteiger partial charge in [0.1, 0.15) is 11.6 Å². The van der Waals surface area contributed by atoms with Gasteiger partial charge in [0.25, 0.3) is 0 Å². The van der Waals surface area contributed by atoms with Crippen molar-refractivity contribution in [2.45, 2.75) is 18.8 Å². The van der Waals surface area contributed by atoms with Crippen molar-refractivity contribution < 1.29 is 8.42 Å². The molecule has 3 rings (SSSR count). The van der Waals surface area contributed by atoms with E-state index in [0.29, 0.717) is 24.7 Å². The first-order valence-corrected chi connectivity index (χ1v) is 9.32. The fourth-order valence-electron chi connectivity index (χ4n) is 2.67. The molecule has 0 saturated carbocycles. The van der Waals surface area contributed by atoms with Gasteiger partial charge < -0.3 is 5.32 Å². The van der Waals surface area contributed by atoms with Crippen LogP contribution in [0.4, 0.5) is 11.6 Å². The summed E-state index contributed by atoms with van der Waals surface area (Å²) in [6.07, 6.45) is 8.08. The molecule has 1 saturated heterocycles. The van der Waals surface area contributed by atoms with Gasteiger partial charge in [0, 0.05) is 25.2 Å². The molecule has 1 aliphatic heterocycles. The normalized spacial score (nSPS) is 19.4. The molecule has 0 bridgehead atoms. The Morgan fingerprint density at radius 2 is 2.04 bits per heavy atom. The summed E-state index contributed by atoms with van der Waals surface area (Å²) in [5.74, 6) is 1.41. The number of hydrogen-bond donors (Lipinski definition) is 1. The van der Waals surface area contributed by atoms with Gasteiger partial charge in [0.15, 0.2) is 0 Å². The number of pyridine rings is 1. The van der Waals surface area contributed by atoms with Gasteiger partial charge in [0.05, 0.1) is 24.3 Å². The summed E-state index contributed by atoms with van der Waals surface area (Å²) < 4.78 is 24.9. The molecule has 1 fully saturated rings.